The Labute approximate surface area is 114 Å². The molecule has 7 heteroatoms. The molecule has 1 amide bonds. The summed E-state index contributed by atoms with van der Waals surface area (Å²) in [6.07, 6.45) is 0.172. The number of carboxylic acids is 1. The molecule has 0 atom stereocenters. The smallest absolute Gasteiger partial charge is 0.304 e. The fourth-order valence-electron chi connectivity index (χ4n) is 1.85. The van der Waals surface area contributed by atoms with Crippen molar-refractivity contribution >= 4 is 24.3 Å². The standard InChI is InChI=1S/C11H21N3O3.ClH/c1-12(2)9-10(15)14-7-5-13(6-8-14)4-3-11(16)17;/h3-9H2,1-2H3,(H,16,17);1H. The van der Waals surface area contributed by atoms with Gasteiger partial charge in [0.15, 0.2) is 0 Å². The van der Waals surface area contributed by atoms with Crippen molar-refractivity contribution in [3.8, 4) is 0 Å². The Morgan fingerprint density at radius 1 is 1.17 bits per heavy atom. The first-order valence-corrected chi connectivity index (χ1v) is 5.85. The van der Waals surface area contributed by atoms with Crippen LogP contribution < -0.4 is 0 Å². The van der Waals surface area contributed by atoms with Crippen LogP contribution in [0.5, 0.6) is 0 Å². The molecule has 6 nitrogen and oxygen atoms in total. The number of halogens is 1. The van der Waals surface area contributed by atoms with E-state index >= 15 is 0 Å². The van der Waals surface area contributed by atoms with E-state index in [1.165, 1.54) is 0 Å². The first-order valence-electron chi connectivity index (χ1n) is 5.85. The summed E-state index contributed by atoms with van der Waals surface area (Å²) in [4.78, 5) is 28.0. The molecule has 0 aromatic heterocycles. The Hall–Kier alpha value is -0.850. The monoisotopic (exact) mass is 279 g/mol. The number of hydrogen-bond donors (Lipinski definition) is 1. The number of hydrogen-bond acceptors (Lipinski definition) is 4. The number of rotatable bonds is 5. The van der Waals surface area contributed by atoms with Gasteiger partial charge in [0.05, 0.1) is 13.0 Å². The minimum atomic E-state index is -0.767. The van der Waals surface area contributed by atoms with Crippen LogP contribution in [0.25, 0.3) is 0 Å². The number of amides is 1. The fraction of sp³-hybridized carbons (Fsp3) is 0.818. The van der Waals surface area contributed by atoms with Gasteiger partial charge in [0.2, 0.25) is 5.91 Å². The van der Waals surface area contributed by atoms with E-state index < -0.39 is 5.97 Å². The summed E-state index contributed by atoms with van der Waals surface area (Å²) in [6, 6.07) is 0. The molecule has 1 fully saturated rings. The number of carbonyl (C=O) groups excluding carboxylic acids is 1. The van der Waals surface area contributed by atoms with E-state index in [1.807, 2.05) is 23.9 Å². The summed E-state index contributed by atoms with van der Waals surface area (Å²) in [5.41, 5.74) is 0. The number of carboxylic acid groups (broad SMARTS) is 1. The number of likely N-dealkylation sites (N-methyl/N-ethyl adjacent to an activating group) is 1. The van der Waals surface area contributed by atoms with Gasteiger partial charge < -0.3 is 14.9 Å². The molecule has 0 aromatic carbocycles. The Morgan fingerprint density at radius 3 is 2.17 bits per heavy atom. The minimum absolute atomic E-state index is 0. The Kier molecular flexibility index (Phi) is 7.90. The summed E-state index contributed by atoms with van der Waals surface area (Å²) >= 11 is 0. The van der Waals surface area contributed by atoms with Gasteiger partial charge in [-0.1, -0.05) is 0 Å². The third-order valence-corrected chi connectivity index (χ3v) is 2.82. The molecule has 106 valence electrons. The number of nitrogens with zero attached hydrogens (tertiary/aromatic N) is 3. The number of carbonyl (C=O) groups is 2. The van der Waals surface area contributed by atoms with Gasteiger partial charge in [0.25, 0.3) is 0 Å². The molecule has 1 heterocycles. The molecule has 18 heavy (non-hydrogen) atoms. The van der Waals surface area contributed by atoms with Crippen LogP contribution in [0.1, 0.15) is 6.42 Å². The van der Waals surface area contributed by atoms with Gasteiger partial charge in [0, 0.05) is 32.7 Å². The van der Waals surface area contributed by atoms with E-state index in [2.05, 4.69) is 4.90 Å². The lowest BCUT2D eigenvalue weighted by molar-refractivity contribution is -0.138. The lowest BCUT2D eigenvalue weighted by Gasteiger charge is -2.35. The highest BCUT2D eigenvalue weighted by Crippen LogP contribution is 2.03. The summed E-state index contributed by atoms with van der Waals surface area (Å²) in [5.74, 6) is -0.621. The molecule has 0 saturated carbocycles. The third-order valence-electron chi connectivity index (χ3n) is 2.82. The zero-order valence-corrected chi connectivity index (χ0v) is 11.8. The molecule has 1 saturated heterocycles. The number of piperazine rings is 1. The van der Waals surface area contributed by atoms with E-state index in [4.69, 9.17) is 5.11 Å². The van der Waals surface area contributed by atoms with Crippen molar-refractivity contribution < 1.29 is 14.7 Å². The van der Waals surface area contributed by atoms with Gasteiger partial charge in [-0.3, -0.25) is 14.5 Å². The first-order chi connectivity index (χ1) is 7.99. The Balaban J connectivity index is 0.00000289. The second kappa shape index (κ2) is 8.29. The van der Waals surface area contributed by atoms with Crippen LogP contribution in [0.15, 0.2) is 0 Å². The predicted octanol–water partition coefficient (Wildman–Crippen LogP) is -0.411. The van der Waals surface area contributed by atoms with Gasteiger partial charge in [-0.05, 0) is 14.1 Å². The largest absolute Gasteiger partial charge is 0.481 e. The van der Waals surface area contributed by atoms with E-state index in [-0.39, 0.29) is 24.7 Å². The van der Waals surface area contributed by atoms with Crippen LogP contribution in [0.3, 0.4) is 0 Å². The zero-order valence-electron chi connectivity index (χ0n) is 11.0. The van der Waals surface area contributed by atoms with Gasteiger partial charge in [0.1, 0.15) is 0 Å². The number of aliphatic carboxylic acids is 1. The molecule has 1 aliphatic heterocycles. The molecule has 1 rings (SSSR count). The maximum atomic E-state index is 11.8. The Morgan fingerprint density at radius 2 is 1.72 bits per heavy atom. The van der Waals surface area contributed by atoms with Crippen LogP contribution in [0, 0.1) is 0 Å². The van der Waals surface area contributed by atoms with Gasteiger partial charge in [-0.15, -0.1) is 12.4 Å². The highest BCUT2D eigenvalue weighted by atomic mass is 35.5. The lowest BCUT2D eigenvalue weighted by Crippen LogP contribution is -2.50. The molecular weight excluding hydrogens is 258 g/mol. The SMILES string of the molecule is CN(C)CC(=O)N1CCN(CCC(=O)O)CC1.Cl. The maximum absolute atomic E-state index is 11.8. The van der Waals surface area contributed by atoms with E-state index in [0.29, 0.717) is 26.2 Å². The normalized spacial score (nSPS) is 16.5. The van der Waals surface area contributed by atoms with Gasteiger partial charge >= 0.3 is 5.97 Å². The lowest BCUT2D eigenvalue weighted by atomic mass is 10.3. The summed E-state index contributed by atoms with van der Waals surface area (Å²) in [7, 11) is 3.75. The van der Waals surface area contributed by atoms with Crippen LogP contribution in [0.2, 0.25) is 0 Å². The molecular formula is C11H22ClN3O3. The van der Waals surface area contributed by atoms with Crippen molar-refractivity contribution in [2.75, 3.05) is 53.4 Å². The molecule has 0 unspecified atom stereocenters. The first kappa shape index (κ1) is 17.2. The van der Waals surface area contributed by atoms with Crippen LogP contribution >= 0.6 is 12.4 Å². The predicted molar refractivity (Wildman–Crippen MR) is 71.1 cm³/mol. The topological polar surface area (TPSA) is 64.1 Å². The van der Waals surface area contributed by atoms with E-state index in [1.54, 1.807) is 0 Å². The molecule has 1 N–H and O–H groups in total. The minimum Gasteiger partial charge on any atom is -0.481 e. The van der Waals surface area contributed by atoms with Gasteiger partial charge in [-0.25, -0.2) is 0 Å². The second-order valence-electron chi connectivity index (χ2n) is 4.60. The summed E-state index contributed by atoms with van der Waals surface area (Å²) in [6.45, 7) is 3.96. The van der Waals surface area contributed by atoms with Crippen LogP contribution in [-0.4, -0.2) is 85.0 Å². The molecule has 1 aliphatic rings. The highest BCUT2D eigenvalue weighted by molar-refractivity contribution is 5.85. The van der Waals surface area contributed by atoms with Crippen molar-refractivity contribution in [2.45, 2.75) is 6.42 Å². The van der Waals surface area contributed by atoms with Crippen molar-refractivity contribution in [3.05, 3.63) is 0 Å². The van der Waals surface area contributed by atoms with Crippen molar-refractivity contribution in [1.29, 1.82) is 0 Å². The average molecular weight is 280 g/mol. The molecule has 0 bridgehead atoms. The Bertz CT molecular complexity index is 279. The van der Waals surface area contributed by atoms with E-state index in [9.17, 15) is 9.59 Å². The molecule has 0 aliphatic carbocycles. The molecule has 0 spiro atoms. The van der Waals surface area contributed by atoms with Crippen LogP contribution in [0.4, 0.5) is 0 Å². The van der Waals surface area contributed by atoms with E-state index in [0.717, 1.165) is 13.1 Å². The second-order valence-corrected chi connectivity index (χ2v) is 4.60. The van der Waals surface area contributed by atoms with Crippen molar-refractivity contribution in [3.63, 3.8) is 0 Å². The quantitative estimate of drug-likeness (QED) is 0.741. The highest BCUT2D eigenvalue weighted by Gasteiger charge is 2.21. The maximum Gasteiger partial charge on any atom is 0.304 e. The third kappa shape index (κ3) is 6.18. The molecule has 0 radical (unpaired) electrons. The summed E-state index contributed by atoms with van der Waals surface area (Å²) in [5, 5.41) is 8.59. The molecule has 0 aromatic rings. The van der Waals surface area contributed by atoms with Gasteiger partial charge in [-0.2, -0.15) is 0 Å². The summed E-state index contributed by atoms with van der Waals surface area (Å²) < 4.78 is 0. The zero-order chi connectivity index (χ0) is 12.8. The fourth-order valence-corrected chi connectivity index (χ4v) is 1.85. The van der Waals surface area contributed by atoms with Crippen molar-refractivity contribution in [2.24, 2.45) is 0 Å². The average Bonchev–Trinajstić information content (AvgIpc) is 2.26. The van der Waals surface area contributed by atoms with Crippen LogP contribution in [-0.2, 0) is 9.59 Å². The van der Waals surface area contributed by atoms with Crippen molar-refractivity contribution in [1.82, 2.24) is 14.7 Å².